The van der Waals surface area contributed by atoms with E-state index in [4.69, 9.17) is 0 Å². The summed E-state index contributed by atoms with van der Waals surface area (Å²) >= 11 is 0. The summed E-state index contributed by atoms with van der Waals surface area (Å²) in [6.07, 6.45) is 4.98. The van der Waals surface area contributed by atoms with Gasteiger partial charge in [-0.3, -0.25) is 4.79 Å². The molecule has 4 rings (SSSR count). The minimum Gasteiger partial charge on any atom is -0.303 e. The summed E-state index contributed by atoms with van der Waals surface area (Å²) in [6, 6.07) is 21.2. The topological polar surface area (TPSA) is 20.3 Å². The minimum atomic E-state index is -0.298. The zero-order valence-corrected chi connectivity index (χ0v) is 16.8. The maximum Gasteiger partial charge on any atom is 0.162 e. The lowest BCUT2D eigenvalue weighted by Crippen LogP contribution is -2.35. The Morgan fingerprint density at radius 1 is 0.931 bits per heavy atom. The largest absolute Gasteiger partial charge is 0.303 e. The van der Waals surface area contributed by atoms with Gasteiger partial charge >= 0.3 is 0 Å². The highest BCUT2D eigenvalue weighted by Crippen LogP contribution is 2.26. The minimum absolute atomic E-state index is 0.107. The molecule has 0 unspecified atom stereocenters. The van der Waals surface area contributed by atoms with Crippen LogP contribution in [0.1, 0.15) is 41.6 Å². The summed E-state index contributed by atoms with van der Waals surface area (Å²) < 4.78 is 13.0. The van der Waals surface area contributed by atoms with Crippen molar-refractivity contribution in [3.05, 3.63) is 83.7 Å². The van der Waals surface area contributed by atoms with E-state index in [9.17, 15) is 9.18 Å². The van der Waals surface area contributed by atoms with Gasteiger partial charge in [-0.2, -0.15) is 0 Å². The summed E-state index contributed by atoms with van der Waals surface area (Å²) in [4.78, 5) is 14.7. The van der Waals surface area contributed by atoms with Gasteiger partial charge in [0.25, 0.3) is 0 Å². The van der Waals surface area contributed by atoms with Crippen LogP contribution in [0.3, 0.4) is 0 Å². The molecular weight excluding hydrogens is 361 g/mol. The van der Waals surface area contributed by atoms with Gasteiger partial charge in [-0.15, -0.1) is 0 Å². The standard InChI is InChI=1S/C26H28FNO/c27-24-12-10-22(11-13-24)26(29)9-4-16-28-17-14-20(15-18-28)19-23-7-3-6-21-5-1-2-8-25(21)23/h1-3,5-8,10-13,20H,4,9,14-19H2. The maximum absolute atomic E-state index is 13.0. The summed E-state index contributed by atoms with van der Waals surface area (Å²) in [5.41, 5.74) is 2.08. The summed E-state index contributed by atoms with van der Waals surface area (Å²) in [5.74, 6) is 0.543. The van der Waals surface area contributed by atoms with Crippen LogP contribution in [0.4, 0.5) is 4.39 Å². The normalized spacial score (nSPS) is 15.6. The molecule has 0 spiro atoms. The average molecular weight is 390 g/mol. The molecule has 0 aromatic heterocycles. The molecule has 29 heavy (non-hydrogen) atoms. The molecule has 0 radical (unpaired) electrons. The number of fused-ring (bicyclic) bond motifs is 1. The number of Topliss-reactive ketones (excluding diaryl/α,β-unsaturated/α-hetero) is 1. The second-order valence-corrected chi connectivity index (χ2v) is 8.16. The summed E-state index contributed by atoms with van der Waals surface area (Å²) in [7, 11) is 0. The number of likely N-dealkylation sites (tertiary alicyclic amines) is 1. The SMILES string of the molecule is O=C(CCCN1CCC(Cc2cccc3ccccc23)CC1)c1ccc(F)cc1. The van der Waals surface area contributed by atoms with Crippen molar-refractivity contribution >= 4 is 16.6 Å². The Morgan fingerprint density at radius 3 is 2.45 bits per heavy atom. The molecular formula is C26H28FNO. The molecule has 0 bridgehead atoms. The lowest BCUT2D eigenvalue weighted by atomic mass is 9.88. The van der Waals surface area contributed by atoms with E-state index in [2.05, 4.69) is 47.4 Å². The number of carbonyl (C=O) groups excluding carboxylic acids is 1. The number of hydrogen-bond donors (Lipinski definition) is 0. The third-order valence-corrected chi connectivity index (χ3v) is 6.14. The molecule has 1 aliphatic heterocycles. The lowest BCUT2D eigenvalue weighted by molar-refractivity contribution is 0.0970. The van der Waals surface area contributed by atoms with Gasteiger partial charge in [0.05, 0.1) is 0 Å². The molecule has 0 saturated carbocycles. The smallest absolute Gasteiger partial charge is 0.162 e. The average Bonchev–Trinajstić information content (AvgIpc) is 2.76. The molecule has 2 nitrogen and oxygen atoms in total. The van der Waals surface area contributed by atoms with Crippen molar-refractivity contribution in [1.82, 2.24) is 4.90 Å². The Hall–Kier alpha value is -2.52. The maximum atomic E-state index is 13.0. The van der Waals surface area contributed by atoms with Crippen molar-refractivity contribution in [2.24, 2.45) is 5.92 Å². The first-order valence-electron chi connectivity index (χ1n) is 10.7. The summed E-state index contributed by atoms with van der Waals surface area (Å²) in [5, 5.41) is 2.71. The van der Waals surface area contributed by atoms with E-state index in [0.29, 0.717) is 12.0 Å². The zero-order chi connectivity index (χ0) is 20.1. The molecule has 1 saturated heterocycles. The van der Waals surface area contributed by atoms with Crippen LogP contribution in [-0.4, -0.2) is 30.3 Å². The molecule has 0 atom stereocenters. The van der Waals surface area contributed by atoms with Crippen LogP contribution >= 0.6 is 0 Å². The zero-order valence-electron chi connectivity index (χ0n) is 16.8. The molecule has 1 fully saturated rings. The third kappa shape index (κ3) is 5.10. The van der Waals surface area contributed by atoms with Gasteiger partial charge in [0.2, 0.25) is 0 Å². The highest BCUT2D eigenvalue weighted by molar-refractivity contribution is 5.95. The Labute approximate surface area is 172 Å². The molecule has 3 aromatic rings. The van der Waals surface area contributed by atoms with Crippen LogP contribution in [-0.2, 0) is 6.42 Å². The van der Waals surface area contributed by atoms with Crippen molar-refractivity contribution in [2.75, 3.05) is 19.6 Å². The predicted octanol–water partition coefficient (Wildman–Crippen LogP) is 5.90. The van der Waals surface area contributed by atoms with E-state index in [0.717, 1.165) is 38.4 Å². The van der Waals surface area contributed by atoms with Crippen LogP contribution in [0.2, 0.25) is 0 Å². The van der Waals surface area contributed by atoms with Gasteiger partial charge in [-0.1, -0.05) is 42.5 Å². The lowest BCUT2D eigenvalue weighted by Gasteiger charge is -2.32. The van der Waals surface area contributed by atoms with E-state index >= 15 is 0 Å². The summed E-state index contributed by atoms with van der Waals surface area (Å²) in [6.45, 7) is 3.19. The van der Waals surface area contributed by atoms with Gasteiger partial charge < -0.3 is 4.90 Å². The predicted molar refractivity (Wildman–Crippen MR) is 117 cm³/mol. The van der Waals surface area contributed by atoms with Crippen molar-refractivity contribution in [3.8, 4) is 0 Å². The molecule has 0 amide bonds. The van der Waals surface area contributed by atoms with Crippen molar-refractivity contribution in [2.45, 2.75) is 32.1 Å². The molecule has 3 heteroatoms. The Morgan fingerprint density at radius 2 is 1.66 bits per heavy atom. The van der Waals surface area contributed by atoms with Crippen LogP contribution < -0.4 is 0 Å². The van der Waals surface area contributed by atoms with Gasteiger partial charge in [0, 0.05) is 12.0 Å². The van der Waals surface area contributed by atoms with E-state index in [-0.39, 0.29) is 11.6 Å². The molecule has 0 aliphatic carbocycles. The van der Waals surface area contributed by atoms with E-state index in [1.54, 1.807) is 12.1 Å². The van der Waals surface area contributed by atoms with E-state index in [1.807, 2.05) is 0 Å². The van der Waals surface area contributed by atoms with E-state index < -0.39 is 0 Å². The number of halogens is 1. The number of hydrogen-bond acceptors (Lipinski definition) is 2. The highest BCUT2D eigenvalue weighted by Gasteiger charge is 2.20. The van der Waals surface area contributed by atoms with Crippen molar-refractivity contribution in [3.63, 3.8) is 0 Å². The van der Waals surface area contributed by atoms with Crippen LogP contribution in [0.5, 0.6) is 0 Å². The number of ketones is 1. The molecule has 1 heterocycles. The van der Waals surface area contributed by atoms with E-state index in [1.165, 1.54) is 41.3 Å². The van der Waals surface area contributed by atoms with Gasteiger partial charge in [-0.25, -0.2) is 4.39 Å². The third-order valence-electron chi connectivity index (χ3n) is 6.14. The molecule has 3 aromatic carbocycles. The first-order valence-corrected chi connectivity index (χ1v) is 10.7. The van der Waals surface area contributed by atoms with Crippen LogP contribution in [0.15, 0.2) is 66.7 Å². The fourth-order valence-corrected chi connectivity index (χ4v) is 4.44. The Bertz CT molecular complexity index is 953. The number of benzene rings is 3. The Balaban J connectivity index is 1.22. The second kappa shape index (κ2) is 9.32. The van der Waals surface area contributed by atoms with Crippen molar-refractivity contribution in [1.29, 1.82) is 0 Å². The van der Waals surface area contributed by atoms with Gasteiger partial charge in [-0.05, 0) is 91.8 Å². The monoisotopic (exact) mass is 389 g/mol. The molecule has 1 aliphatic rings. The molecule has 150 valence electrons. The van der Waals surface area contributed by atoms with Gasteiger partial charge in [0.1, 0.15) is 5.82 Å². The highest BCUT2D eigenvalue weighted by atomic mass is 19.1. The first-order chi connectivity index (χ1) is 14.2. The van der Waals surface area contributed by atoms with Crippen LogP contribution in [0.25, 0.3) is 10.8 Å². The second-order valence-electron chi connectivity index (χ2n) is 8.16. The number of carbonyl (C=O) groups is 1. The number of nitrogens with zero attached hydrogens (tertiary/aromatic N) is 1. The number of piperidine rings is 1. The first kappa shape index (κ1) is 19.8. The number of rotatable bonds is 7. The van der Waals surface area contributed by atoms with Crippen LogP contribution in [0, 0.1) is 11.7 Å². The van der Waals surface area contributed by atoms with Crippen molar-refractivity contribution < 1.29 is 9.18 Å². The molecule has 0 N–H and O–H groups in total. The fraction of sp³-hybridized carbons (Fsp3) is 0.346. The fourth-order valence-electron chi connectivity index (χ4n) is 4.44. The van der Waals surface area contributed by atoms with Gasteiger partial charge in [0.15, 0.2) is 5.78 Å². The Kier molecular flexibility index (Phi) is 6.36. The quantitative estimate of drug-likeness (QED) is 0.469.